The fraction of sp³-hybridized carbons (Fsp3) is 0.0870. The third-order valence-corrected chi connectivity index (χ3v) is 4.59. The second-order valence-electron chi connectivity index (χ2n) is 5.75. The number of hydrogen-bond donors (Lipinski definition) is 4. The molecule has 1 heterocycles. The molecule has 0 spiro atoms. The molecule has 30 heavy (non-hydrogen) atoms. The molecule has 0 bridgehead atoms. The van der Waals surface area contributed by atoms with E-state index in [1.807, 2.05) is 68.7 Å². The monoisotopic (exact) mass is 421 g/mol. The number of carbonyl (C=O) groups excluding carboxylic acids is 1. The van der Waals surface area contributed by atoms with Gasteiger partial charge >= 0.3 is 0 Å². The Balaban J connectivity index is 0.000000338. The number of hydrazine groups is 1. The Bertz CT molecular complexity index is 932. The summed E-state index contributed by atoms with van der Waals surface area (Å²) >= 11 is 1.49. The van der Waals surface area contributed by atoms with E-state index in [4.69, 9.17) is 11.3 Å². The number of nitrogens with zero attached hydrogens (tertiary/aromatic N) is 1. The Morgan fingerprint density at radius 1 is 1.07 bits per heavy atom. The first-order valence-corrected chi connectivity index (χ1v) is 9.90. The topological polar surface area (TPSA) is 104 Å². The van der Waals surface area contributed by atoms with E-state index in [2.05, 4.69) is 22.3 Å². The minimum Gasteiger partial charge on any atom is -0.323 e. The molecular weight excluding hydrogens is 394 g/mol. The summed E-state index contributed by atoms with van der Waals surface area (Å²) in [5.41, 5.74) is 5.55. The van der Waals surface area contributed by atoms with Crippen LogP contribution in [0, 0.1) is 5.41 Å². The lowest BCUT2D eigenvalue weighted by atomic mass is 10.2. The second-order valence-corrected chi connectivity index (χ2v) is 6.87. The number of nitrogens with two attached hydrogens (primary N) is 1. The van der Waals surface area contributed by atoms with E-state index in [1.54, 1.807) is 18.3 Å². The maximum Gasteiger partial charge on any atom is 0.151 e. The predicted octanol–water partition coefficient (Wildman–Crippen LogP) is 4.49. The van der Waals surface area contributed by atoms with Gasteiger partial charge in [-0.1, -0.05) is 48.7 Å². The van der Waals surface area contributed by atoms with Gasteiger partial charge in [-0.05, 0) is 50.5 Å². The fourth-order valence-electron chi connectivity index (χ4n) is 2.14. The van der Waals surface area contributed by atoms with Gasteiger partial charge in [-0.15, -0.1) is 0 Å². The summed E-state index contributed by atoms with van der Waals surface area (Å²) in [5, 5.41) is 10.0. The highest BCUT2D eigenvalue weighted by Gasteiger charge is 2.05. The summed E-state index contributed by atoms with van der Waals surface area (Å²) < 4.78 is 0. The van der Waals surface area contributed by atoms with Gasteiger partial charge in [0, 0.05) is 33.3 Å². The van der Waals surface area contributed by atoms with Crippen LogP contribution in [0.3, 0.4) is 0 Å². The lowest BCUT2D eigenvalue weighted by molar-refractivity contribution is 0.112. The van der Waals surface area contributed by atoms with Crippen LogP contribution in [0.2, 0.25) is 0 Å². The number of benzene rings is 2. The van der Waals surface area contributed by atoms with Crippen LogP contribution in [0.4, 0.5) is 5.69 Å². The highest BCUT2D eigenvalue weighted by molar-refractivity contribution is 7.99. The molecule has 0 atom stereocenters. The molecule has 156 valence electrons. The van der Waals surface area contributed by atoms with Crippen LogP contribution < -0.4 is 16.6 Å². The number of nitrogen functional groups attached to an aromatic ring is 1. The summed E-state index contributed by atoms with van der Waals surface area (Å²) in [4.78, 5) is 16.8. The molecule has 0 saturated carbocycles. The van der Waals surface area contributed by atoms with Gasteiger partial charge in [-0.25, -0.2) is 0 Å². The van der Waals surface area contributed by atoms with Crippen LogP contribution in [-0.2, 0) is 0 Å². The lowest BCUT2D eigenvalue weighted by Crippen LogP contribution is -2.09. The zero-order valence-corrected chi connectivity index (χ0v) is 17.9. The molecule has 0 aliphatic carbocycles. The molecule has 0 unspecified atom stereocenters. The Morgan fingerprint density at radius 3 is 2.30 bits per heavy atom. The van der Waals surface area contributed by atoms with Crippen LogP contribution in [0.25, 0.3) is 6.08 Å². The fourth-order valence-corrected chi connectivity index (χ4v) is 3.09. The largest absolute Gasteiger partial charge is 0.323 e. The van der Waals surface area contributed by atoms with Crippen molar-refractivity contribution in [3.8, 4) is 0 Å². The molecule has 2 aromatic carbocycles. The Hall–Kier alpha value is -3.26. The summed E-state index contributed by atoms with van der Waals surface area (Å²) in [6.45, 7) is 3.57. The number of rotatable bonds is 6. The van der Waals surface area contributed by atoms with E-state index >= 15 is 0 Å². The average molecular weight is 422 g/mol. The van der Waals surface area contributed by atoms with Crippen molar-refractivity contribution in [2.75, 3.05) is 19.5 Å². The van der Waals surface area contributed by atoms with E-state index in [9.17, 15) is 4.79 Å². The summed E-state index contributed by atoms with van der Waals surface area (Å²) in [5.74, 6) is 5.43. The molecule has 6 nitrogen and oxygen atoms in total. The number of pyridine rings is 1. The molecule has 0 radical (unpaired) electrons. The Kier molecular flexibility index (Phi) is 12.1. The summed E-state index contributed by atoms with van der Waals surface area (Å²) in [6, 6.07) is 18.7. The van der Waals surface area contributed by atoms with Crippen molar-refractivity contribution in [1.82, 2.24) is 10.3 Å². The highest BCUT2D eigenvalue weighted by atomic mass is 32.2. The third-order valence-electron chi connectivity index (χ3n) is 3.51. The van der Waals surface area contributed by atoms with Gasteiger partial charge in [0.05, 0.1) is 11.4 Å². The van der Waals surface area contributed by atoms with Gasteiger partial charge in [0.1, 0.15) is 0 Å². The van der Waals surface area contributed by atoms with E-state index in [-0.39, 0.29) is 0 Å². The van der Waals surface area contributed by atoms with E-state index in [0.717, 1.165) is 27.3 Å². The molecule has 3 rings (SSSR count). The number of anilines is 1. The zero-order valence-electron chi connectivity index (χ0n) is 17.1. The van der Waals surface area contributed by atoms with Gasteiger partial charge in [-0.2, -0.15) is 0 Å². The normalized spacial score (nSPS) is 9.17. The van der Waals surface area contributed by atoms with E-state index in [0.29, 0.717) is 11.3 Å². The van der Waals surface area contributed by atoms with Gasteiger partial charge < -0.3 is 16.2 Å². The zero-order chi connectivity index (χ0) is 22.2. The molecule has 0 fully saturated rings. The van der Waals surface area contributed by atoms with Crippen molar-refractivity contribution >= 4 is 36.0 Å². The molecule has 3 aromatic rings. The standard InChI is InChI=1S/C14H13N3OS.C7H7N.C2H7N/c15-8-10-5-6-12(7-13(10)17-16)19-14-4-2-1-3-11(14)9-18;1-2-7-5-3-4-6-8-7;1-3-2/h1-9,15,17H,16H2;2-6H,1H2;3H,1-2H3. The van der Waals surface area contributed by atoms with Crippen LogP contribution >= 0.6 is 11.8 Å². The molecular formula is C23H27N5OS. The van der Waals surface area contributed by atoms with Gasteiger partial charge in [0.2, 0.25) is 0 Å². The number of aromatic nitrogens is 1. The van der Waals surface area contributed by atoms with Gasteiger partial charge in [0.15, 0.2) is 6.29 Å². The van der Waals surface area contributed by atoms with Crippen molar-refractivity contribution < 1.29 is 4.79 Å². The summed E-state index contributed by atoms with van der Waals surface area (Å²) in [6.07, 6.45) is 5.55. The molecule has 0 saturated heterocycles. The minimum atomic E-state index is 0.658. The number of hydrogen-bond acceptors (Lipinski definition) is 7. The van der Waals surface area contributed by atoms with E-state index < -0.39 is 0 Å². The van der Waals surface area contributed by atoms with Crippen LogP contribution in [0.15, 0.2) is 83.2 Å². The molecule has 7 heteroatoms. The van der Waals surface area contributed by atoms with Gasteiger partial charge in [0.25, 0.3) is 0 Å². The maximum atomic E-state index is 11.0. The van der Waals surface area contributed by atoms with Crippen LogP contribution in [0.1, 0.15) is 21.6 Å². The van der Waals surface area contributed by atoms with Gasteiger partial charge in [-0.3, -0.25) is 15.6 Å². The molecule has 0 aliphatic heterocycles. The number of aldehydes is 1. The van der Waals surface area contributed by atoms with E-state index in [1.165, 1.54) is 18.0 Å². The molecule has 1 aromatic heterocycles. The molecule has 5 N–H and O–H groups in total. The van der Waals surface area contributed by atoms with Crippen LogP contribution in [0.5, 0.6) is 0 Å². The van der Waals surface area contributed by atoms with Crippen molar-refractivity contribution in [1.29, 1.82) is 5.41 Å². The Morgan fingerprint density at radius 2 is 1.77 bits per heavy atom. The van der Waals surface area contributed by atoms with Crippen molar-refractivity contribution in [3.05, 3.63) is 90.3 Å². The second kappa shape index (κ2) is 14.7. The maximum absolute atomic E-state index is 11.0. The average Bonchev–Trinajstić information content (AvgIpc) is 2.81. The van der Waals surface area contributed by atoms with Crippen molar-refractivity contribution in [2.45, 2.75) is 9.79 Å². The first-order valence-electron chi connectivity index (χ1n) is 9.08. The number of nitrogens with one attached hydrogen (secondary N) is 3. The SMILES string of the molecule is C=Cc1ccccn1.CNC.N=Cc1ccc(Sc2ccccc2C=O)cc1NN. The predicted molar refractivity (Wildman–Crippen MR) is 127 cm³/mol. The van der Waals surface area contributed by atoms with Crippen LogP contribution in [-0.4, -0.2) is 31.6 Å². The lowest BCUT2D eigenvalue weighted by Gasteiger charge is -2.08. The quantitative estimate of drug-likeness (QED) is 0.202. The Labute approximate surface area is 182 Å². The third kappa shape index (κ3) is 8.40. The first-order chi connectivity index (χ1) is 14.6. The summed E-state index contributed by atoms with van der Waals surface area (Å²) in [7, 11) is 3.75. The molecule has 0 amide bonds. The first kappa shape index (κ1) is 24.8. The molecule has 0 aliphatic rings. The smallest absolute Gasteiger partial charge is 0.151 e. The number of carbonyl (C=O) groups is 1. The van der Waals surface area contributed by atoms with Crippen molar-refractivity contribution in [2.24, 2.45) is 5.84 Å². The minimum absolute atomic E-state index is 0.658. The highest BCUT2D eigenvalue weighted by Crippen LogP contribution is 2.32. The van der Waals surface area contributed by atoms with Crippen molar-refractivity contribution in [3.63, 3.8) is 0 Å².